The SMILES string of the molecule is CC(C)(C)[Si](C)(C)O[C@H]1CC[C@]2(C)C(=CC[C@@H]3[C@H]4CCC(=O)[C@]4(C)CC[C@H]32)C1. The fourth-order valence-electron chi connectivity index (χ4n) is 7.09. The third-order valence-corrected chi connectivity index (χ3v) is 14.6. The summed E-state index contributed by atoms with van der Waals surface area (Å²) in [5.41, 5.74) is 2.03. The van der Waals surface area contributed by atoms with Gasteiger partial charge in [-0.2, -0.15) is 0 Å². The molecule has 0 aromatic heterocycles. The monoisotopic (exact) mass is 402 g/mol. The number of carbonyl (C=O) groups is 1. The zero-order chi connectivity index (χ0) is 20.5. The van der Waals surface area contributed by atoms with Gasteiger partial charge in [-0.1, -0.05) is 46.3 Å². The first-order valence-electron chi connectivity index (χ1n) is 11.8. The predicted octanol–water partition coefficient (Wildman–Crippen LogP) is 6.91. The summed E-state index contributed by atoms with van der Waals surface area (Å²) in [4.78, 5) is 12.6. The molecule has 4 aliphatic rings. The zero-order valence-corrected chi connectivity index (χ0v) is 20.4. The molecule has 0 aromatic carbocycles. The Labute approximate surface area is 174 Å². The van der Waals surface area contributed by atoms with E-state index in [9.17, 15) is 4.79 Å². The highest BCUT2D eigenvalue weighted by atomic mass is 28.4. The third-order valence-electron chi connectivity index (χ3n) is 10.0. The van der Waals surface area contributed by atoms with Crippen molar-refractivity contribution in [2.24, 2.45) is 28.6 Å². The van der Waals surface area contributed by atoms with Crippen LogP contribution in [0.15, 0.2) is 11.6 Å². The molecule has 4 rings (SSSR count). The Bertz CT molecular complexity index is 687. The Kier molecular flexibility index (Phi) is 4.87. The van der Waals surface area contributed by atoms with Gasteiger partial charge in [0.1, 0.15) is 5.78 Å². The lowest BCUT2D eigenvalue weighted by molar-refractivity contribution is -0.131. The van der Waals surface area contributed by atoms with Crippen molar-refractivity contribution in [2.45, 2.75) is 110 Å². The Morgan fingerprint density at radius 2 is 1.68 bits per heavy atom. The topological polar surface area (TPSA) is 26.3 Å². The van der Waals surface area contributed by atoms with Crippen molar-refractivity contribution in [1.82, 2.24) is 0 Å². The molecule has 3 heteroatoms. The number of Topliss-reactive ketones (excluding diaryl/α,β-unsaturated/α-hetero) is 1. The van der Waals surface area contributed by atoms with Gasteiger partial charge in [0.2, 0.25) is 0 Å². The number of carbonyl (C=O) groups excluding carboxylic acids is 1. The molecule has 6 atom stereocenters. The highest BCUT2D eigenvalue weighted by Gasteiger charge is 2.58. The van der Waals surface area contributed by atoms with E-state index >= 15 is 0 Å². The number of allylic oxidation sites excluding steroid dienone is 1. The van der Waals surface area contributed by atoms with Crippen LogP contribution in [0.5, 0.6) is 0 Å². The highest BCUT2D eigenvalue weighted by molar-refractivity contribution is 6.74. The van der Waals surface area contributed by atoms with E-state index < -0.39 is 8.32 Å². The predicted molar refractivity (Wildman–Crippen MR) is 119 cm³/mol. The first kappa shape index (κ1) is 20.8. The van der Waals surface area contributed by atoms with E-state index in [0.717, 1.165) is 37.5 Å². The molecule has 158 valence electrons. The number of hydrogen-bond donors (Lipinski definition) is 0. The summed E-state index contributed by atoms with van der Waals surface area (Å²) in [6.07, 6.45) is 12.2. The molecule has 0 spiro atoms. The normalized spacial score (nSPS) is 43.8. The van der Waals surface area contributed by atoms with Crippen molar-refractivity contribution < 1.29 is 9.22 Å². The van der Waals surface area contributed by atoms with Gasteiger partial charge in [-0.25, -0.2) is 0 Å². The maximum Gasteiger partial charge on any atom is 0.192 e. The second-order valence-electron chi connectivity index (χ2n) is 12.4. The van der Waals surface area contributed by atoms with Gasteiger partial charge < -0.3 is 4.43 Å². The van der Waals surface area contributed by atoms with Gasteiger partial charge in [0.05, 0.1) is 0 Å². The summed E-state index contributed by atoms with van der Waals surface area (Å²) >= 11 is 0. The first-order chi connectivity index (χ1) is 12.9. The molecule has 0 heterocycles. The summed E-state index contributed by atoms with van der Waals surface area (Å²) < 4.78 is 6.83. The maximum absolute atomic E-state index is 12.6. The smallest absolute Gasteiger partial charge is 0.192 e. The summed E-state index contributed by atoms with van der Waals surface area (Å²) in [7, 11) is -1.71. The standard InChI is InChI=1S/C25H42O2Si/c1-23(2,3)28(6,7)27-18-12-14-24(4)17(16-18)8-9-19-20-10-11-22(26)25(20,5)15-13-21(19)24/h8,18-21H,9-16H2,1-7H3/t18-,19+,20+,21+,24+,25+/m0/s1. The molecule has 28 heavy (non-hydrogen) atoms. The van der Waals surface area contributed by atoms with Crippen molar-refractivity contribution in [3.63, 3.8) is 0 Å². The molecule has 0 aromatic rings. The van der Waals surface area contributed by atoms with E-state index in [0.29, 0.717) is 23.2 Å². The average Bonchev–Trinajstić information content (AvgIpc) is 2.89. The fourth-order valence-corrected chi connectivity index (χ4v) is 8.48. The van der Waals surface area contributed by atoms with Crippen LogP contribution in [0.3, 0.4) is 0 Å². The maximum atomic E-state index is 12.6. The van der Waals surface area contributed by atoms with Crippen molar-refractivity contribution in [1.29, 1.82) is 0 Å². The molecule has 0 N–H and O–H groups in total. The Morgan fingerprint density at radius 1 is 1.04 bits per heavy atom. The summed E-state index contributed by atoms with van der Waals surface area (Å²) in [5.74, 6) is 2.71. The van der Waals surface area contributed by atoms with Crippen LogP contribution < -0.4 is 0 Å². The van der Waals surface area contributed by atoms with Crippen LogP contribution in [0.2, 0.25) is 18.1 Å². The molecule has 2 nitrogen and oxygen atoms in total. The van der Waals surface area contributed by atoms with Gasteiger partial charge in [-0.3, -0.25) is 4.79 Å². The number of hydrogen-bond acceptors (Lipinski definition) is 2. The van der Waals surface area contributed by atoms with Crippen molar-refractivity contribution >= 4 is 14.1 Å². The minimum absolute atomic E-state index is 0.00842. The largest absolute Gasteiger partial charge is 0.414 e. The van der Waals surface area contributed by atoms with Gasteiger partial charge >= 0.3 is 0 Å². The van der Waals surface area contributed by atoms with Crippen LogP contribution in [-0.4, -0.2) is 20.2 Å². The molecule has 0 radical (unpaired) electrons. The van der Waals surface area contributed by atoms with E-state index in [1.807, 2.05) is 0 Å². The fraction of sp³-hybridized carbons (Fsp3) is 0.880. The van der Waals surface area contributed by atoms with Crippen molar-refractivity contribution in [3.8, 4) is 0 Å². The number of rotatable bonds is 2. The molecular weight excluding hydrogens is 360 g/mol. The van der Waals surface area contributed by atoms with E-state index in [2.05, 4.69) is 53.8 Å². The van der Waals surface area contributed by atoms with Crippen LogP contribution in [0, 0.1) is 28.6 Å². The molecule has 4 aliphatic carbocycles. The molecule has 3 fully saturated rings. The lowest BCUT2D eigenvalue weighted by Gasteiger charge is -2.57. The van der Waals surface area contributed by atoms with Crippen LogP contribution in [-0.2, 0) is 9.22 Å². The van der Waals surface area contributed by atoms with Crippen LogP contribution in [0.1, 0.15) is 86.0 Å². The molecule has 0 aliphatic heterocycles. The quantitative estimate of drug-likeness (QED) is 0.370. The van der Waals surface area contributed by atoms with Crippen LogP contribution >= 0.6 is 0 Å². The number of ketones is 1. The summed E-state index contributed by atoms with van der Waals surface area (Å²) in [6, 6.07) is 0. The lowest BCUT2D eigenvalue weighted by atomic mass is 9.48. The second kappa shape index (κ2) is 6.54. The molecule has 0 amide bonds. The van der Waals surface area contributed by atoms with Crippen LogP contribution in [0.25, 0.3) is 0 Å². The Morgan fingerprint density at radius 3 is 2.36 bits per heavy atom. The minimum Gasteiger partial charge on any atom is -0.414 e. The molecular formula is C25H42O2Si. The molecule has 0 unspecified atom stereocenters. The average molecular weight is 403 g/mol. The van der Waals surface area contributed by atoms with Crippen molar-refractivity contribution in [2.75, 3.05) is 0 Å². The lowest BCUT2D eigenvalue weighted by Crippen LogP contribution is -2.51. The van der Waals surface area contributed by atoms with E-state index in [1.165, 1.54) is 25.7 Å². The first-order valence-corrected chi connectivity index (χ1v) is 14.7. The molecule has 3 saturated carbocycles. The van der Waals surface area contributed by atoms with Crippen LogP contribution in [0.4, 0.5) is 0 Å². The Hall–Kier alpha value is -0.413. The van der Waals surface area contributed by atoms with E-state index in [-0.39, 0.29) is 10.5 Å². The van der Waals surface area contributed by atoms with Gasteiger partial charge in [-0.15, -0.1) is 0 Å². The second-order valence-corrected chi connectivity index (χ2v) is 17.2. The van der Waals surface area contributed by atoms with Gasteiger partial charge in [0.25, 0.3) is 0 Å². The number of fused-ring (bicyclic) bond motifs is 5. The van der Waals surface area contributed by atoms with Gasteiger partial charge in [-0.05, 0) is 86.2 Å². The van der Waals surface area contributed by atoms with Gasteiger partial charge in [0, 0.05) is 17.9 Å². The van der Waals surface area contributed by atoms with Gasteiger partial charge in [0.15, 0.2) is 8.32 Å². The molecule has 0 saturated heterocycles. The third kappa shape index (κ3) is 3.02. The molecule has 0 bridgehead atoms. The zero-order valence-electron chi connectivity index (χ0n) is 19.4. The summed E-state index contributed by atoms with van der Waals surface area (Å²) in [5, 5.41) is 0.280. The van der Waals surface area contributed by atoms with Crippen molar-refractivity contribution in [3.05, 3.63) is 11.6 Å². The highest BCUT2D eigenvalue weighted by Crippen LogP contribution is 2.64. The Balaban J connectivity index is 1.53. The minimum atomic E-state index is -1.71. The van der Waals surface area contributed by atoms with E-state index in [4.69, 9.17) is 4.43 Å². The van der Waals surface area contributed by atoms with E-state index in [1.54, 1.807) is 5.57 Å². The summed E-state index contributed by atoms with van der Waals surface area (Å²) in [6.45, 7) is 16.7.